The molecule has 3 heterocycles. The fourth-order valence-electron chi connectivity index (χ4n) is 3.16. The van der Waals surface area contributed by atoms with E-state index in [1.165, 1.54) is 18.5 Å². The summed E-state index contributed by atoms with van der Waals surface area (Å²) in [5.74, 6) is 2.08. The molecule has 2 fully saturated rings. The zero-order valence-electron chi connectivity index (χ0n) is 13.3. The second-order valence-electron chi connectivity index (χ2n) is 6.42. The van der Waals surface area contributed by atoms with E-state index >= 15 is 0 Å². The van der Waals surface area contributed by atoms with Crippen LogP contribution < -0.4 is 5.32 Å². The molecule has 6 heteroatoms. The van der Waals surface area contributed by atoms with Crippen LogP contribution in [0.3, 0.4) is 0 Å². The Bertz CT molecular complexity index is 646. The van der Waals surface area contributed by atoms with Gasteiger partial charge in [0.05, 0.1) is 12.3 Å². The summed E-state index contributed by atoms with van der Waals surface area (Å²) in [7, 11) is 0. The van der Waals surface area contributed by atoms with Crippen molar-refractivity contribution in [3.05, 3.63) is 36.0 Å². The Balaban J connectivity index is 1.27. The third-order valence-electron chi connectivity index (χ3n) is 4.63. The second kappa shape index (κ2) is 6.66. The monoisotopic (exact) mass is 313 g/mol. The van der Waals surface area contributed by atoms with Gasteiger partial charge < -0.3 is 10.1 Å². The lowest BCUT2D eigenvalue weighted by Gasteiger charge is -2.10. The summed E-state index contributed by atoms with van der Waals surface area (Å²) in [6.45, 7) is 3.46. The fourth-order valence-corrected chi connectivity index (χ4v) is 3.16. The van der Waals surface area contributed by atoms with Crippen molar-refractivity contribution in [1.29, 1.82) is 0 Å². The molecule has 1 atom stereocenters. The molecule has 0 bridgehead atoms. The topological polar surface area (TPSA) is 64.9 Å². The van der Waals surface area contributed by atoms with Gasteiger partial charge >= 0.3 is 0 Å². The van der Waals surface area contributed by atoms with Crippen LogP contribution in [-0.2, 0) is 11.3 Å². The van der Waals surface area contributed by atoms with Gasteiger partial charge in [-0.1, -0.05) is 0 Å². The van der Waals surface area contributed by atoms with Gasteiger partial charge in [-0.3, -0.25) is 4.68 Å². The number of hydrogen-bond acceptors (Lipinski definition) is 5. The fraction of sp³-hybridized carbons (Fsp3) is 0.588. The molecule has 1 saturated heterocycles. The van der Waals surface area contributed by atoms with E-state index in [0.29, 0.717) is 5.92 Å². The highest BCUT2D eigenvalue weighted by Crippen LogP contribution is 2.39. The van der Waals surface area contributed by atoms with E-state index in [1.54, 1.807) is 6.33 Å². The summed E-state index contributed by atoms with van der Waals surface area (Å²) in [4.78, 5) is 8.70. The number of nitrogens with zero attached hydrogens (tertiary/aromatic N) is 4. The van der Waals surface area contributed by atoms with Crippen LogP contribution in [0.1, 0.15) is 48.9 Å². The van der Waals surface area contributed by atoms with Crippen molar-refractivity contribution in [1.82, 2.24) is 19.7 Å². The van der Waals surface area contributed by atoms with Crippen LogP contribution in [0.25, 0.3) is 0 Å². The molecule has 23 heavy (non-hydrogen) atoms. The van der Waals surface area contributed by atoms with E-state index in [1.807, 2.05) is 6.20 Å². The molecule has 1 N–H and O–H groups in total. The molecule has 0 spiro atoms. The highest BCUT2D eigenvalue weighted by atomic mass is 16.5. The lowest BCUT2D eigenvalue weighted by Crippen LogP contribution is -2.11. The Labute approximate surface area is 136 Å². The molecule has 2 aliphatic rings. The molecule has 1 aliphatic carbocycles. The molecule has 2 aromatic rings. The van der Waals surface area contributed by atoms with Crippen molar-refractivity contribution >= 4 is 5.82 Å². The number of aryl methyl sites for hydroxylation is 1. The molecule has 122 valence electrons. The van der Waals surface area contributed by atoms with E-state index < -0.39 is 0 Å². The molecule has 0 aromatic carbocycles. The van der Waals surface area contributed by atoms with E-state index in [0.717, 1.165) is 56.6 Å². The maximum absolute atomic E-state index is 5.44. The van der Waals surface area contributed by atoms with Gasteiger partial charge in [-0.2, -0.15) is 5.10 Å². The van der Waals surface area contributed by atoms with Gasteiger partial charge in [-0.05, 0) is 31.7 Å². The average Bonchev–Trinajstić information content (AvgIpc) is 3.10. The predicted molar refractivity (Wildman–Crippen MR) is 87.5 cm³/mol. The Morgan fingerprint density at radius 2 is 2.17 bits per heavy atom. The molecule has 1 saturated carbocycles. The van der Waals surface area contributed by atoms with E-state index in [9.17, 15) is 0 Å². The Morgan fingerprint density at radius 1 is 1.22 bits per heavy atom. The van der Waals surface area contributed by atoms with Crippen LogP contribution in [0.4, 0.5) is 5.82 Å². The van der Waals surface area contributed by atoms with Gasteiger partial charge in [0.25, 0.3) is 0 Å². The highest BCUT2D eigenvalue weighted by Gasteiger charge is 2.26. The normalized spacial score (nSPS) is 20.8. The highest BCUT2D eigenvalue weighted by molar-refractivity contribution is 5.35. The molecule has 2 aromatic heterocycles. The smallest absolute Gasteiger partial charge is 0.129 e. The van der Waals surface area contributed by atoms with Crippen molar-refractivity contribution in [3.63, 3.8) is 0 Å². The molecular weight excluding hydrogens is 290 g/mol. The first-order valence-corrected chi connectivity index (χ1v) is 8.55. The number of nitrogens with one attached hydrogen (secondary N) is 1. The minimum Gasteiger partial charge on any atom is -0.381 e. The molecule has 4 rings (SSSR count). The number of ether oxygens (including phenoxy) is 1. The van der Waals surface area contributed by atoms with E-state index in [2.05, 4.69) is 37.2 Å². The predicted octanol–water partition coefficient (Wildman–Crippen LogP) is 2.56. The Hall–Kier alpha value is -1.95. The van der Waals surface area contributed by atoms with Crippen molar-refractivity contribution in [2.45, 2.75) is 44.1 Å². The number of hydrogen-bond donors (Lipinski definition) is 1. The van der Waals surface area contributed by atoms with Crippen LogP contribution in [0.15, 0.2) is 24.7 Å². The van der Waals surface area contributed by atoms with Crippen molar-refractivity contribution in [3.8, 4) is 0 Å². The maximum atomic E-state index is 5.44. The Kier molecular flexibility index (Phi) is 4.24. The SMILES string of the molecule is c1nc(NCCCn2nccc2C2CC2)cc(C2CCOC2)n1. The minimum atomic E-state index is 0.420. The van der Waals surface area contributed by atoms with E-state index in [-0.39, 0.29) is 0 Å². The van der Waals surface area contributed by atoms with Gasteiger partial charge in [0.1, 0.15) is 12.1 Å². The zero-order valence-corrected chi connectivity index (χ0v) is 13.3. The first-order chi connectivity index (χ1) is 11.4. The largest absolute Gasteiger partial charge is 0.381 e. The van der Waals surface area contributed by atoms with Gasteiger partial charge in [0.15, 0.2) is 0 Å². The van der Waals surface area contributed by atoms with Crippen molar-refractivity contribution in [2.75, 3.05) is 25.1 Å². The summed E-state index contributed by atoms with van der Waals surface area (Å²) in [6.07, 6.45) is 8.29. The standard InChI is InChI=1S/C17H23N5O/c1(8-22-16(4-7-21-22)13-2-3-13)6-18-17-10-15(19-12-20-17)14-5-9-23-11-14/h4,7,10,12-14H,1-3,5-6,8-9,11H2,(H,18,19,20). The molecule has 0 radical (unpaired) electrons. The summed E-state index contributed by atoms with van der Waals surface area (Å²) in [6, 6.07) is 4.22. The van der Waals surface area contributed by atoms with Crippen LogP contribution in [0, 0.1) is 0 Å². The van der Waals surface area contributed by atoms with Crippen LogP contribution in [0.5, 0.6) is 0 Å². The summed E-state index contributed by atoms with van der Waals surface area (Å²) < 4.78 is 7.59. The maximum Gasteiger partial charge on any atom is 0.129 e. The average molecular weight is 313 g/mol. The van der Waals surface area contributed by atoms with Crippen molar-refractivity contribution in [2.24, 2.45) is 0 Å². The summed E-state index contributed by atoms with van der Waals surface area (Å²) in [5.41, 5.74) is 2.48. The zero-order chi connectivity index (χ0) is 15.5. The van der Waals surface area contributed by atoms with Gasteiger partial charge in [-0.25, -0.2) is 9.97 Å². The number of rotatable bonds is 7. The van der Waals surface area contributed by atoms with Gasteiger partial charge in [0, 0.05) is 49.5 Å². The third kappa shape index (κ3) is 3.52. The molecule has 0 amide bonds. The third-order valence-corrected chi connectivity index (χ3v) is 4.63. The quantitative estimate of drug-likeness (QED) is 0.796. The van der Waals surface area contributed by atoms with Gasteiger partial charge in [-0.15, -0.1) is 0 Å². The Morgan fingerprint density at radius 3 is 3.00 bits per heavy atom. The molecule has 1 unspecified atom stereocenters. The lowest BCUT2D eigenvalue weighted by molar-refractivity contribution is 0.193. The second-order valence-corrected chi connectivity index (χ2v) is 6.42. The molecular formula is C17H23N5O. The number of aromatic nitrogens is 4. The first-order valence-electron chi connectivity index (χ1n) is 8.55. The van der Waals surface area contributed by atoms with E-state index in [4.69, 9.17) is 4.74 Å². The van der Waals surface area contributed by atoms with Crippen molar-refractivity contribution < 1.29 is 4.74 Å². The van der Waals surface area contributed by atoms with Gasteiger partial charge in [0.2, 0.25) is 0 Å². The summed E-state index contributed by atoms with van der Waals surface area (Å²) in [5, 5.41) is 7.84. The number of anilines is 1. The first kappa shape index (κ1) is 14.6. The van der Waals surface area contributed by atoms with Crippen LogP contribution in [0.2, 0.25) is 0 Å². The van der Waals surface area contributed by atoms with Crippen LogP contribution >= 0.6 is 0 Å². The summed E-state index contributed by atoms with van der Waals surface area (Å²) >= 11 is 0. The lowest BCUT2D eigenvalue weighted by atomic mass is 10.1. The molecule has 1 aliphatic heterocycles. The van der Waals surface area contributed by atoms with Crippen LogP contribution in [-0.4, -0.2) is 39.5 Å². The minimum absolute atomic E-state index is 0.420. The molecule has 6 nitrogen and oxygen atoms in total.